The summed E-state index contributed by atoms with van der Waals surface area (Å²) in [6.07, 6.45) is 4.34. The summed E-state index contributed by atoms with van der Waals surface area (Å²) in [4.78, 5) is 23.1. The molecule has 3 aromatic carbocycles. The van der Waals surface area contributed by atoms with Crippen molar-refractivity contribution in [2.45, 2.75) is 19.3 Å². The van der Waals surface area contributed by atoms with Gasteiger partial charge in [0.05, 0.1) is 18.1 Å². The molecular formula is C28H23FO6. The molecule has 1 heterocycles. The average molecular weight is 474 g/mol. The van der Waals surface area contributed by atoms with Crippen LogP contribution in [0.15, 0.2) is 82.0 Å². The van der Waals surface area contributed by atoms with Crippen LogP contribution in [0.2, 0.25) is 0 Å². The summed E-state index contributed by atoms with van der Waals surface area (Å²) in [5.41, 5.74) is 1.76. The average Bonchev–Trinajstić information content (AvgIpc) is 2.84. The van der Waals surface area contributed by atoms with Gasteiger partial charge in [0.25, 0.3) is 5.95 Å². The molecule has 0 aliphatic rings. The van der Waals surface area contributed by atoms with Crippen LogP contribution < -0.4 is 14.9 Å². The zero-order valence-electron chi connectivity index (χ0n) is 18.8. The van der Waals surface area contributed by atoms with Gasteiger partial charge in [-0.05, 0) is 43.0 Å². The van der Waals surface area contributed by atoms with E-state index in [2.05, 4.69) is 16.9 Å². The first kappa shape index (κ1) is 23.8. The van der Waals surface area contributed by atoms with E-state index in [-0.39, 0.29) is 11.0 Å². The van der Waals surface area contributed by atoms with E-state index < -0.39 is 23.3 Å². The lowest BCUT2D eigenvalue weighted by Gasteiger charge is -2.08. The molecule has 0 unspecified atom stereocenters. The normalized spacial score (nSPS) is 11.1. The summed E-state index contributed by atoms with van der Waals surface area (Å²) < 4.78 is 30.2. The Hall–Kier alpha value is -4.39. The molecule has 0 radical (unpaired) electrons. The molecule has 178 valence electrons. The van der Waals surface area contributed by atoms with Crippen molar-refractivity contribution in [1.82, 2.24) is 0 Å². The minimum Gasteiger partial charge on any atom is -0.493 e. The number of unbranched alkanes of at least 4 members (excludes halogenated alkanes) is 1. The van der Waals surface area contributed by atoms with Crippen LogP contribution in [0.4, 0.5) is 9.18 Å². The van der Waals surface area contributed by atoms with E-state index in [1.807, 2.05) is 18.2 Å². The number of para-hydroxylation sites is 1. The zero-order valence-corrected chi connectivity index (χ0v) is 18.8. The Bertz CT molecular complexity index is 1410. The molecular weight excluding hydrogens is 451 g/mol. The van der Waals surface area contributed by atoms with Crippen LogP contribution in [-0.4, -0.2) is 17.9 Å². The molecule has 0 atom stereocenters. The highest BCUT2D eigenvalue weighted by molar-refractivity contribution is 5.88. The van der Waals surface area contributed by atoms with Gasteiger partial charge >= 0.3 is 6.16 Å². The number of carboxylic acid groups (broad SMARTS) is 1. The van der Waals surface area contributed by atoms with E-state index in [1.165, 1.54) is 11.6 Å². The zero-order chi connectivity index (χ0) is 24.6. The Morgan fingerprint density at radius 3 is 2.51 bits per heavy atom. The van der Waals surface area contributed by atoms with Crippen molar-refractivity contribution in [2.75, 3.05) is 6.61 Å². The first-order valence-electron chi connectivity index (χ1n) is 11.1. The molecule has 4 aromatic rings. The first-order valence-corrected chi connectivity index (χ1v) is 11.1. The molecule has 0 amide bonds. The Morgan fingerprint density at radius 1 is 0.943 bits per heavy atom. The van der Waals surface area contributed by atoms with Gasteiger partial charge in [-0.1, -0.05) is 54.6 Å². The first-order chi connectivity index (χ1) is 17.0. The third-order valence-electron chi connectivity index (χ3n) is 5.34. The minimum atomic E-state index is -1.60. The molecule has 1 N–H and O–H groups in total. The molecule has 1 aromatic heterocycles. The van der Waals surface area contributed by atoms with Crippen molar-refractivity contribution in [2.24, 2.45) is 0 Å². The van der Waals surface area contributed by atoms with Gasteiger partial charge in [-0.15, -0.1) is 0 Å². The number of hydrogen-bond acceptors (Lipinski definition) is 5. The SMILES string of the molecule is O=C(O)Oc1cc(=O)c2cccc(/C=C/c3ccc(OCCCCc4ccccc4)cc3F)c2o1. The van der Waals surface area contributed by atoms with E-state index in [0.29, 0.717) is 23.5 Å². The second-order valence-electron chi connectivity index (χ2n) is 7.83. The van der Waals surface area contributed by atoms with Crippen LogP contribution in [0.3, 0.4) is 0 Å². The maximum Gasteiger partial charge on any atom is 0.513 e. The van der Waals surface area contributed by atoms with E-state index in [9.17, 15) is 14.0 Å². The summed E-state index contributed by atoms with van der Waals surface area (Å²) in [5, 5.41) is 9.03. The van der Waals surface area contributed by atoms with E-state index in [1.54, 1.807) is 42.5 Å². The molecule has 35 heavy (non-hydrogen) atoms. The summed E-state index contributed by atoms with van der Waals surface area (Å²) in [7, 11) is 0. The van der Waals surface area contributed by atoms with E-state index >= 15 is 0 Å². The van der Waals surface area contributed by atoms with Gasteiger partial charge < -0.3 is 19.0 Å². The quantitative estimate of drug-likeness (QED) is 0.168. The van der Waals surface area contributed by atoms with Crippen molar-refractivity contribution < 1.29 is 28.2 Å². The predicted molar refractivity (Wildman–Crippen MR) is 131 cm³/mol. The topological polar surface area (TPSA) is 86.0 Å². The highest BCUT2D eigenvalue weighted by Crippen LogP contribution is 2.24. The fourth-order valence-electron chi connectivity index (χ4n) is 3.62. The standard InChI is InChI=1S/C28H23FO6/c29-24-17-22(33-16-5-4-9-19-7-2-1-3-8-19)15-14-20(24)12-13-21-10-6-11-23-25(30)18-26(34-27(21)23)35-28(31)32/h1-3,6-8,10-15,17-18H,4-5,9,16H2,(H,31,32)/b13-12+. The predicted octanol–water partition coefficient (Wildman–Crippen LogP) is 6.56. The fraction of sp³-hybridized carbons (Fsp3) is 0.143. The Morgan fingerprint density at radius 2 is 1.74 bits per heavy atom. The molecule has 0 saturated carbocycles. The fourth-order valence-corrected chi connectivity index (χ4v) is 3.62. The van der Waals surface area contributed by atoms with Gasteiger partial charge in [-0.3, -0.25) is 4.79 Å². The molecule has 0 spiro atoms. The maximum atomic E-state index is 14.6. The third kappa shape index (κ3) is 6.35. The largest absolute Gasteiger partial charge is 0.513 e. The van der Waals surface area contributed by atoms with Crippen LogP contribution >= 0.6 is 0 Å². The van der Waals surface area contributed by atoms with E-state index in [0.717, 1.165) is 25.3 Å². The molecule has 0 aliphatic carbocycles. The summed E-state index contributed by atoms with van der Waals surface area (Å²) in [6, 6.07) is 20.7. The van der Waals surface area contributed by atoms with Crippen molar-refractivity contribution >= 4 is 29.3 Å². The lowest BCUT2D eigenvalue weighted by atomic mass is 10.1. The third-order valence-corrected chi connectivity index (χ3v) is 5.34. The Kier molecular flexibility index (Phi) is 7.57. The van der Waals surface area contributed by atoms with Crippen molar-refractivity contribution in [3.05, 3.63) is 106 Å². The number of hydrogen-bond donors (Lipinski definition) is 1. The van der Waals surface area contributed by atoms with Crippen molar-refractivity contribution in [3.8, 4) is 11.7 Å². The van der Waals surface area contributed by atoms with Gasteiger partial charge in [0.2, 0.25) is 0 Å². The Labute approximate surface area is 200 Å². The summed E-state index contributed by atoms with van der Waals surface area (Å²) >= 11 is 0. The van der Waals surface area contributed by atoms with Gasteiger partial charge in [0, 0.05) is 17.2 Å². The Balaban J connectivity index is 1.41. The van der Waals surface area contributed by atoms with Crippen LogP contribution in [0.1, 0.15) is 29.5 Å². The lowest BCUT2D eigenvalue weighted by Crippen LogP contribution is -2.07. The molecule has 4 rings (SSSR count). The van der Waals surface area contributed by atoms with Crippen molar-refractivity contribution in [3.63, 3.8) is 0 Å². The second kappa shape index (κ2) is 11.2. The molecule has 0 bridgehead atoms. The number of carbonyl (C=O) groups is 1. The van der Waals surface area contributed by atoms with Crippen LogP contribution in [0, 0.1) is 5.82 Å². The minimum absolute atomic E-state index is 0.142. The second-order valence-corrected chi connectivity index (χ2v) is 7.83. The number of aryl methyl sites for hydroxylation is 1. The number of halogens is 1. The molecule has 0 fully saturated rings. The molecule has 6 nitrogen and oxygen atoms in total. The number of rotatable bonds is 9. The van der Waals surface area contributed by atoms with E-state index in [4.69, 9.17) is 14.3 Å². The molecule has 7 heteroatoms. The summed E-state index contributed by atoms with van der Waals surface area (Å²) in [6.45, 7) is 0.497. The van der Waals surface area contributed by atoms with Crippen LogP contribution in [0.25, 0.3) is 23.1 Å². The van der Waals surface area contributed by atoms with Crippen LogP contribution in [-0.2, 0) is 6.42 Å². The van der Waals surface area contributed by atoms with Gasteiger partial charge in [0.1, 0.15) is 17.1 Å². The smallest absolute Gasteiger partial charge is 0.493 e. The molecule has 0 aliphatic heterocycles. The monoisotopic (exact) mass is 474 g/mol. The number of benzene rings is 3. The highest BCUT2D eigenvalue weighted by atomic mass is 19.1. The van der Waals surface area contributed by atoms with Crippen molar-refractivity contribution in [1.29, 1.82) is 0 Å². The highest BCUT2D eigenvalue weighted by Gasteiger charge is 2.11. The van der Waals surface area contributed by atoms with Gasteiger partial charge in [-0.25, -0.2) is 9.18 Å². The maximum absolute atomic E-state index is 14.6. The lowest BCUT2D eigenvalue weighted by molar-refractivity contribution is 0.133. The van der Waals surface area contributed by atoms with Gasteiger partial charge in [-0.2, -0.15) is 0 Å². The van der Waals surface area contributed by atoms with Crippen LogP contribution in [0.5, 0.6) is 11.7 Å². The summed E-state index contributed by atoms with van der Waals surface area (Å²) in [5.74, 6) is -0.446. The van der Waals surface area contributed by atoms with Gasteiger partial charge in [0.15, 0.2) is 5.43 Å². The molecule has 0 saturated heterocycles. The number of ether oxygens (including phenoxy) is 2. The number of fused-ring (bicyclic) bond motifs is 1.